The SMILES string of the molecule is COC1(C(O)Cc2ccc(I)cc2)CCOCC1. The average Bonchev–Trinajstić information content (AvgIpc) is 2.42. The quantitative estimate of drug-likeness (QED) is 0.836. The number of aliphatic hydroxyl groups excluding tert-OH is 1. The van der Waals surface area contributed by atoms with Gasteiger partial charge in [-0.15, -0.1) is 0 Å². The van der Waals surface area contributed by atoms with Gasteiger partial charge in [-0.3, -0.25) is 0 Å². The second-order valence-electron chi connectivity index (χ2n) is 4.73. The highest BCUT2D eigenvalue weighted by molar-refractivity contribution is 14.1. The Morgan fingerprint density at radius 3 is 2.50 bits per heavy atom. The molecule has 1 unspecified atom stereocenters. The van der Waals surface area contributed by atoms with Gasteiger partial charge in [-0.1, -0.05) is 12.1 Å². The highest BCUT2D eigenvalue weighted by Crippen LogP contribution is 2.30. The fourth-order valence-corrected chi connectivity index (χ4v) is 2.78. The standard InChI is InChI=1S/C14H19IO3/c1-17-14(6-8-18-9-7-14)13(16)10-11-2-4-12(15)5-3-11/h2-5,13,16H,6-10H2,1H3. The minimum absolute atomic E-state index is 0.443. The second-order valence-corrected chi connectivity index (χ2v) is 5.97. The average molecular weight is 362 g/mol. The molecule has 2 rings (SSSR count). The van der Waals surface area contributed by atoms with E-state index in [1.807, 2.05) is 0 Å². The van der Waals surface area contributed by atoms with Crippen LogP contribution >= 0.6 is 22.6 Å². The van der Waals surface area contributed by atoms with Crippen molar-refractivity contribution in [1.82, 2.24) is 0 Å². The summed E-state index contributed by atoms with van der Waals surface area (Å²) in [6, 6.07) is 8.25. The first-order valence-electron chi connectivity index (χ1n) is 6.22. The molecule has 1 N–H and O–H groups in total. The molecule has 18 heavy (non-hydrogen) atoms. The summed E-state index contributed by atoms with van der Waals surface area (Å²) >= 11 is 2.28. The number of methoxy groups -OCH3 is 1. The maximum absolute atomic E-state index is 10.5. The van der Waals surface area contributed by atoms with Crippen molar-refractivity contribution in [3.8, 4) is 0 Å². The molecule has 1 atom stereocenters. The highest BCUT2D eigenvalue weighted by atomic mass is 127. The minimum atomic E-state index is -0.480. The van der Waals surface area contributed by atoms with Crippen LogP contribution in [0.5, 0.6) is 0 Å². The van der Waals surface area contributed by atoms with Gasteiger partial charge in [0.05, 0.1) is 11.7 Å². The minimum Gasteiger partial charge on any atom is -0.390 e. The molecule has 0 spiro atoms. The summed E-state index contributed by atoms with van der Waals surface area (Å²) in [4.78, 5) is 0. The largest absolute Gasteiger partial charge is 0.390 e. The normalized spacial score (nSPS) is 20.6. The first-order chi connectivity index (χ1) is 8.66. The van der Waals surface area contributed by atoms with Gasteiger partial charge in [0, 0.05) is 43.2 Å². The summed E-state index contributed by atoms with van der Waals surface area (Å²) in [7, 11) is 1.68. The number of aliphatic hydroxyl groups is 1. The van der Waals surface area contributed by atoms with Crippen molar-refractivity contribution in [3.63, 3.8) is 0 Å². The number of benzene rings is 1. The van der Waals surface area contributed by atoms with Crippen LogP contribution in [0.25, 0.3) is 0 Å². The molecule has 0 bridgehead atoms. The van der Waals surface area contributed by atoms with Crippen LogP contribution in [0.3, 0.4) is 0 Å². The number of halogens is 1. The maximum atomic E-state index is 10.5. The third-order valence-electron chi connectivity index (χ3n) is 3.70. The van der Waals surface area contributed by atoms with Crippen LogP contribution in [0.4, 0.5) is 0 Å². The van der Waals surface area contributed by atoms with E-state index in [9.17, 15) is 5.11 Å². The molecule has 1 aromatic rings. The highest BCUT2D eigenvalue weighted by Gasteiger charge is 2.39. The molecule has 1 aliphatic heterocycles. The van der Waals surface area contributed by atoms with Crippen LogP contribution in [0.15, 0.2) is 24.3 Å². The number of ether oxygens (including phenoxy) is 2. The predicted octanol–water partition coefficient (Wildman–Crippen LogP) is 2.39. The van der Waals surface area contributed by atoms with Gasteiger partial charge in [-0.25, -0.2) is 0 Å². The van der Waals surface area contributed by atoms with E-state index in [-0.39, 0.29) is 0 Å². The van der Waals surface area contributed by atoms with Gasteiger partial charge in [-0.05, 0) is 40.3 Å². The van der Waals surface area contributed by atoms with Crippen LogP contribution in [-0.4, -0.2) is 37.1 Å². The fourth-order valence-electron chi connectivity index (χ4n) is 2.42. The molecular formula is C14H19IO3. The third kappa shape index (κ3) is 3.23. The van der Waals surface area contributed by atoms with E-state index in [1.54, 1.807) is 7.11 Å². The summed E-state index contributed by atoms with van der Waals surface area (Å²) in [5, 5.41) is 10.5. The summed E-state index contributed by atoms with van der Waals surface area (Å²) in [5.74, 6) is 0. The van der Waals surface area contributed by atoms with Crippen LogP contribution < -0.4 is 0 Å². The Hall–Kier alpha value is -0.170. The Morgan fingerprint density at radius 2 is 1.94 bits per heavy atom. The monoisotopic (exact) mass is 362 g/mol. The molecule has 0 saturated carbocycles. The van der Waals surface area contributed by atoms with Gasteiger partial charge in [-0.2, -0.15) is 0 Å². The summed E-state index contributed by atoms with van der Waals surface area (Å²) in [6.07, 6.45) is 1.67. The van der Waals surface area contributed by atoms with Crippen molar-refractivity contribution in [3.05, 3.63) is 33.4 Å². The first-order valence-corrected chi connectivity index (χ1v) is 7.29. The van der Waals surface area contributed by atoms with Gasteiger partial charge in [0.25, 0.3) is 0 Å². The van der Waals surface area contributed by atoms with E-state index in [0.717, 1.165) is 18.4 Å². The lowest BCUT2D eigenvalue weighted by Crippen LogP contribution is -2.49. The fraction of sp³-hybridized carbons (Fsp3) is 0.571. The van der Waals surface area contributed by atoms with E-state index in [1.165, 1.54) is 3.57 Å². The van der Waals surface area contributed by atoms with Gasteiger partial charge in [0.15, 0.2) is 0 Å². The molecule has 1 saturated heterocycles. The Labute approximate surface area is 122 Å². The van der Waals surface area contributed by atoms with Gasteiger partial charge in [0.1, 0.15) is 0 Å². The summed E-state index contributed by atoms with van der Waals surface area (Å²) in [5.41, 5.74) is 0.701. The first kappa shape index (κ1) is 14.2. The third-order valence-corrected chi connectivity index (χ3v) is 4.41. The molecule has 0 radical (unpaired) electrons. The zero-order valence-corrected chi connectivity index (χ0v) is 12.7. The van der Waals surface area contributed by atoms with Crippen molar-refractivity contribution < 1.29 is 14.6 Å². The van der Waals surface area contributed by atoms with Gasteiger partial charge in [0.2, 0.25) is 0 Å². The van der Waals surface area contributed by atoms with Crippen LogP contribution in [0.2, 0.25) is 0 Å². The topological polar surface area (TPSA) is 38.7 Å². The predicted molar refractivity (Wildman–Crippen MR) is 78.7 cm³/mol. The van der Waals surface area contributed by atoms with Crippen LogP contribution in [0.1, 0.15) is 18.4 Å². The van der Waals surface area contributed by atoms with Crippen LogP contribution in [0, 0.1) is 3.57 Å². The number of hydrogen-bond acceptors (Lipinski definition) is 3. The molecular weight excluding hydrogens is 343 g/mol. The molecule has 1 heterocycles. The van der Waals surface area contributed by atoms with E-state index >= 15 is 0 Å². The van der Waals surface area contributed by atoms with Crippen molar-refractivity contribution in [2.75, 3.05) is 20.3 Å². The molecule has 0 aromatic heterocycles. The lowest BCUT2D eigenvalue weighted by atomic mass is 9.85. The lowest BCUT2D eigenvalue weighted by Gasteiger charge is -2.39. The maximum Gasteiger partial charge on any atom is 0.0983 e. The lowest BCUT2D eigenvalue weighted by molar-refractivity contribution is -0.151. The Bertz CT molecular complexity index is 371. The van der Waals surface area contributed by atoms with Crippen molar-refractivity contribution in [1.29, 1.82) is 0 Å². The molecule has 100 valence electrons. The Kier molecular flexibility index (Phi) is 5.00. The smallest absolute Gasteiger partial charge is 0.0983 e. The van der Waals surface area contributed by atoms with E-state index in [4.69, 9.17) is 9.47 Å². The number of rotatable bonds is 4. The van der Waals surface area contributed by atoms with E-state index in [2.05, 4.69) is 46.9 Å². The Morgan fingerprint density at radius 1 is 1.33 bits per heavy atom. The van der Waals surface area contributed by atoms with E-state index in [0.29, 0.717) is 19.6 Å². The van der Waals surface area contributed by atoms with Crippen molar-refractivity contribution in [2.24, 2.45) is 0 Å². The Balaban J connectivity index is 2.05. The van der Waals surface area contributed by atoms with Gasteiger partial charge < -0.3 is 14.6 Å². The molecule has 0 amide bonds. The molecule has 0 aliphatic carbocycles. The molecule has 4 heteroatoms. The summed E-state index contributed by atoms with van der Waals surface area (Å²) < 4.78 is 12.2. The zero-order chi connectivity index (χ0) is 13.0. The second kappa shape index (κ2) is 6.32. The van der Waals surface area contributed by atoms with Crippen molar-refractivity contribution in [2.45, 2.75) is 31.0 Å². The van der Waals surface area contributed by atoms with Gasteiger partial charge >= 0.3 is 0 Å². The molecule has 1 fully saturated rings. The summed E-state index contributed by atoms with van der Waals surface area (Å²) in [6.45, 7) is 1.33. The van der Waals surface area contributed by atoms with Crippen molar-refractivity contribution >= 4 is 22.6 Å². The molecule has 1 aromatic carbocycles. The van der Waals surface area contributed by atoms with E-state index < -0.39 is 11.7 Å². The number of hydrogen-bond donors (Lipinski definition) is 1. The van der Waals surface area contributed by atoms with Crippen LogP contribution in [-0.2, 0) is 15.9 Å². The zero-order valence-electron chi connectivity index (χ0n) is 10.6. The molecule has 1 aliphatic rings. The molecule has 3 nitrogen and oxygen atoms in total.